The fraction of sp³-hybridized carbons (Fsp3) is 0.571. The van der Waals surface area contributed by atoms with Gasteiger partial charge in [-0.25, -0.2) is 0 Å². The molecule has 1 N–H and O–H groups in total. The van der Waals surface area contributed by atoms with Crippen LogP contribution >= 0.6 is 0 Å². The SMILES string of the molecule is CCCC(NC)C1CCOc2ccccc21. The van der Waals surface area contributed by atoms with E-state index in [1.54, 1.807) is 0 Å². The molecule has 1 heterocycles. The smallest absolute Gasteiger partial charge is 0.122 e. The third-order valence-corrected chi connectivity index (χ3v) is 3.46. The summed E-state index contributed by atoms with van der Waals surface area (Å²) in [5.74, 6) is 1.69. The van der Waals surface area contributed by atoms with E-state index in [1.165, 1.54) is 18.4 Å². The summed E-state index contributed by atoms with van der Waals surface area (Å²) in [6.07, 6.45) is 3.59. The molecule has 1 aliphatic heterocycles. The van der Waals surface area contributed by atoms with Gasteiger partial charge in [0, 0.05) is 12.0 Å². The lowest BCUT2D eigenvalue weighted by Crippen LogP contribution is -2.34. The number of ether oxygens (including phenoxy) is 1. The maximum absolute atomic E-state index is 5.70. The van der Waals surface area contributed by atoms with E-state index in [0.717, 1.165) is 18.8 Å². The first-order valence-electron chi connectivity index (χ1n) is 6.25. The minimum Gasteiger partial charge on any atom is -0.493 e. The van der Waals surface area contributed by atoms with Gasteiger partial charge in [0.05, 0.1) is 6.61 Å². The number of hydrogen-bond acceptors (Lipinski definition) is 2. The van der Waals surface area contributed by atoms with E-state index >= 15 is 0 Å². The number of benzene rings is 1. The highest BCUT2D eigenvalue weighted by atomic mass is 16.5. The number of nitrogens with one attached hydrogen (secondary N) is 1. The van der Waals surface area contributed by atoms with Gasteiger partial charge in [-0.2, -0.15) is 0 Å². The second-order valence-electron chi connectivity index (χ2n) is 4.47. The Morgan fingerprint density at radius 3 is 3.00 bits per heavy atom. The lowest BCUT2D eigenvalue weighted by Gasteiger charge is -2.32. The van der Waals surface area contributed by atoms with Gasteiger partial charge in [0.25, 0.3) is 0 Å². The van der Waals surface area contributed by atoms with Gasteiger partial charge in [0.2, 0.25) is 0 Å². The van der Waals surface area contributed by atoms with Crippen molar-refractivity contribution >= 4 is 0 Å². The van der Waals surface area contributed by atoms with Crippen LogP contribution in [0.2, 0.25) is 0 Å². The Morgan fingerprint density at radius 2 is 2.25 bits per heavy atom. The molecule has 0 amide bonds. The van der Waals surface area contributed by atoms with Crippen molar-refractivity contribution in [1.29, 1.82) is 0 Å². The fourth-order valence-corrected chi connectivity index (χ4v) is 2.65. The number of fused-ring (bicyclic) bond motifs is 1. The molecule has 0 radical (unpaired) electrons. The number of likely N-dealkylation sites (N-methyl/N-ethyl adjacent to an activating group) is 1. The van der Waals surface area contributed by atoms with Crippen molar-refractivity contribution < 1.29 is 4.74 Å². The molecule has 2 nitrogen and oxygen atoms in total. The molecule has 16 heavy (non-hydrogen) atoms. The third kappa shape index (κ3) is 2.22. The third-order valence-electron chi connectivity index (χ3n) is 3.46. The highest BCUT2D eigenvalue weighted by Crippen LogP contribution is 2.36. The molecule has 0 bridgehead atoms. The molecule has 88 valence electrons. The average Bonchev–Trinajstić information content (AvgIpc) is 2.35. The predicted octanol–water partition coefficient (Wildman–Crippen LogP) is 2.94. The lowest BCUT2D eigenvalue weighted by molar-refractivity contribution is 0.244. The molecular formula is C14H21NO. The molecular weight excluding hydrogens is 198 g/mol. The van der Waals surface area contributed by atoms with Gasteiger partial charge in [-0.3, -0.25) is 0 Å². The van der Waals surface area contributed by atoms with E-state index in [1.807, 2.05) is 0 Å². The Bertz CT molecular complexity index is 337. The Hall–Kier alpha value is -1.02. The van der Waals surface area contributed by atoms with E-state index in [0.29, 0.717) is 12.0 Å². The summed E-state index contributed by atoms with van der Waals surface area (Å²) in [6, 6.07) is 9.03. The Labute approximate surface area is 98.0 Å². The molecule has 1 aromatic rings. The van der Waals surface area contributed by atoms with Gasteiger partial charge in [-0.05, 0) is 31.5 Å². The van der Waals surface area contributed by atoms with Gasteiger partial charge < -0.3 is 10.1 Å². The summed E-state index contributed by atoms with van der Waals surface area (Å²) < 4.78 is 5.70. The zero-order chi connectivity index (χ0) is 11.4. The zero-order valence-corrected chi connectivity index (χ0v) is 10.2. The van der Waals surface area contributed by atoms with E-state index in [-0.39, 0.29) is 0 Å². The number of rotatable bonds is 4. The molecule has 2 rings (SSSR count). The molecule has 0 saturated heterocycles. The normalized spacial score (nSPS) is 21.0. The lowest BCUT2D eigenvalue weighted by atomic mass is 9.85. The first-order valence-corrected chi connectivity index (χ1v) is 6.25. The predicted molar refractivity (Wildman–Crippen MR) is 67.1 cm³/mol. The molecule has 1 aliphatic rings. The Kier molecular flexibility index (Phi) is 3.83. The molecule has 0 spiro atoms. The van der Waals surface area contributed by atoms with Crippen molar-refractivity contribution in [2.45, 2.75) is 38.1 Å². The molecule has 0 saturated carbocycles. The highest BCUT2D eigenvalue weighted by Gasteiger charge is 2.27. The van der Waals surface area contributed by atoms with Crippen LogP contribution in [0.1, 0.15) is 37.7 Å². The van der Waals surface area contributed by atoms with Gasteiger partial charge in [0.1, 0.15) is 5.75 Å². The van der Waals surface area contributed by atoms with Crippen LogP contribution in [0.25, 0.3) is 0 Å². The summed E-state index contributed by atoms with van der Waals surface area (Å²) in [4.78, 5) is 0. The van der Waals surface area contributed by atoms with Crippen molar-refractivity contribution in [1.82, 2.24) is 5.32 Å². The molecule has 2 heteroatoms. The maximum atomic E-state index is 5.70. The van der Waals surface area contributed by atoms with E-state index in [4.69, 9.17) is 4.74 Å². The van der Waals surface area contributed by atoms with Crippen molar-refractivity contribution in [2.24, 2.45) is 0 Å². The summed E-state index contributed by atoms with van der Waals surface area (Å²) in [5.41, 5.74) is 1.38. The number of para-hydroxylation sites is 1. The van der Waals surface area contributed by atoms with E-state index < -0.39 is 0 Å². The quantitative estimate of drug-likeness (QED) is 0.840. The van der Waals surface area contributed by atoms with Crippen LogP contribution < -0.4 is 10.1 Å². The molecule has 2 unspecified atom stereocenters. The van der Waals surface area contributed by atoms with Crippen LogP contribution in [-0.2, 0) is 0 Å². The maximum Gasteiger partial charge on any atom is 0.122 e. The van der Waals surface area contributed by atoms with Crippen LogP contribution in [0, 0.1) is 0 Å². The molecule has 1 aromatic carbocycles. The molecule has 0 aliphatic carbocycles. The standard InChI is InChI=1S/C14H21NO/c1-3-6-13(15-2)11-9-10-16-14-8-5-4-7-12(11)14/h4-5,7-8,11,13,15H,3,6,9-10H2,1-2H3. The summed E-state index contributed by atoms with van der Waals surface area (Å²) in [6.45, 7) is 3.10. The van der Waals surface area contributed by atoms with Crippen molar-refractivity contribution in [3.05, 3.63) is 29.8 Å². The summed E-state index contributed by atoms with van der Waals surface area (Å²) in [5, 5.41) is 3.46. The van der Waals surface area contributed by atoms with Crippen molar-refractivity contribution in [2.75, 3.05) is 13.7 Å². The van der Waals surface area contributed by atoms with Crippen LogP contribution in [0.4, 0.5) is 0 Å². The first-order chi connectivity index (χ1) is 7.86. The Morgan fingerprint density at radius 1 is 1.44 bits per heavy atom. The topological polar surface area (TPSA) is 21.3 Å². The monoisotopic (exact) mass is 219 g/mol. The second-order valence-corrected chi connectivity index (χ2v) is 4.47. The minimum absolute atomic E-state index is 0.579. The number of hydrogen-bond donors (Lipinski definition) is 1. The van der Waals surface area contributed by atoms with Crippen molar-refractivity contribution in [3.8, 4) is 5.75 Å². The van der Waals surface area contributed by atoms with Gasteiger partial charge in [-0.1, -0.05) is 31.5 Å². The van der Waals surface area contributed by atoms with Crippen LogP contribution in [-0.4, -0.2) is 19.7 Å². The zero-order valence-electron chi connectivity index (χ0n) is 10.2. The molecule has 0 fully saturated rings. The molecule has 0 aromatic heterocycles. The largest absolute Gasteiger partial charge is 0.493 e. The van der Waals surface area contributed by atoms with Gasteiger partial charge in [0.15, 0.2) is 0 Å². The molecule has 2 atom stereocenters. The van der Waals surface area contributed by atoms with Crippen LogP contribution in [0.3, 0.4) is 0 Å². The highest BCUT2D eigenvalue weighted by molar-refractivity contribution is 5.38. The summed E-state index contributed by atoms with van der Waals surface area (Å²) >= 11 is 0. The second kappa shape index (κ2) is 5.35. The minimum atomic E-state index is 0.579. The van der Waals surface area contributed by atoms with Gasteiger partial charge >= 0.3 is 0 Å². The van der Waals surface area contributed by atoms with Crippen molar-refractivity contribution in [3.63, 3.8) is 0 Å². The first kappa shape index (κ1) is 11.5. The summed E-state index contributed by atoms with van der Waals surface area (Å²) in [7, 11) is 2.07. The van der Waals surface area contributed by atoms with Crippen LogP contribution in [0.15, 0.2) is 24.3 Å². The Balaban J connectivity index is 2.23. The average molecular weight is 219 g/mol. The van der Waals surface area contributed by atoms with Crippen LogP contribution in [0.5, 0.6) is 5.75 Å². The van der Waals surface area contributed by atoms with E-state index in [9.17, 15) is 0 Å². The fourth-order valence-electron chi connectivity index (χ4n) is 2.65. The van der Waals surface area contributed by atoms with E-state index in [2.05, 4.69) is 43.6 Å². The van der Waals surface area contributed by atoms with Gasteiger partial charge in [-0.15, -0.1) is 0 Å².